The third kappa shape index (κ3) is 8.55. The van der Waals surface area contributed by atoms with Gasteiger partial charge in [-0.1, -0.05) is 18.1 Å². The number of aliphatic hydroxyl groups excluding tert-OH is 1. The van der Waals surface area contributed by atoms with E-state index in [1.807, 2.05) is 24.5 Å². The zero-order valence-corrected chi connectivity index (χ0v) is 38.0. The number of nitrogens with zero attached hydrogens (tertiary/aromatic N) is 8. The first-order valence-electron chi connectivity index (χ1n) is 22.8. The molecular formula is C49H56F2N10O6. The fourth-order valence-corrected chi connectivity index (χ4v) is 9.95. The zero-order chi connectivity index (χ0) is 47.1. The lowest BCUT2D eigenvalue weighted by Gasteiger charge is -2.36. The second-order valence-corrected chi connectivity index (χ2v) is 17.6. The number of nitrogens with one attached hydrogen (secondary N) is 1. The van der Waals surface area contributed by atoms with Crippen molar-refractivity contribution < 1.29 is 29.4 Å². The fourth-order valence-electron chi connectivity index (χ4n) is 9.95. The molecule has 0 spiro atoms. The monoisotopic (exact) mass is 918 g/mol. The summed E-state index contributed by atoms with van der Waals surface area (Å²) in [7, 11) is 1.71. The summed E-state index contributed by atoms with van der Waals surface area (Å²) in [6, 6.07) is 13.8. The molecule has 1 aliphatic carbocycles. The van der Waals surface area contributed by atoms with Crippen molar-refractivity contribution in [1.29, 1.82) is 0 Å². The van der Waals surface area contributed by atoms with Gasteiger partial charge in [0.1, 0.15) is 17.3 Å². The fraction of sp³-hybridized carbons (Fsp3) is 0.388. The Kier molecular flexibility index (Phi) is 12.7. The summed E-state index contributed by atoms with van der Waals surface area (Å²) in [5, 5.41) is 16.8. The molecule has 352 valence electrons. The highest BCUT2D eigenvalue weighted by Crippen LogP contribution is 2.36. The molecule has 1 saturated heterocycles. The number of aromatic nitrogens is 7. The number of nitrogens with two attached hydrogens (primary N) is 1. The number of aryl methyl sites for hydroxylation is 1. The normalized spacial score (nSPS) is 17.3. The molecule has 10 rings (SSSR count). The molecule has 7 aromatic rings. The van der Waals surface area contributed by atoms with Gasteiger partial charge in [0.2, 0.25) is 0 Å². The number of imidazole rings is 1. The maximum atomic E-state index is 16.1. The molecule has 3 aromatic carbocycles. The van der Waals surface area contributed by atoms with Crippen LogP contribution in [0.2, 0.25) is 0 Å². The van der Waals surface area contributed by atoms with Crippen LogP contribution in [0.5, 0.6) is 0 Å². The first kappa shape index (κ1) is 45.2. The van der Waals surface area contributed by atoms with Crippen LogP contribution in [-0.2, 0) is 37.6 Å². The maximum absolute atomic E-state index is 16.1. The van der Waals surface area contributed by atoms with E-state index in [0.717, 1.165) is 35.7 Å². The smallest absolute Gasteiger partial charge is 0.402 e. The molecule has 2 aliphatic heterocycles. The van der Waals surface area contributed by atoms with Crippen LogP contribution in [0.4, 0.5) is 14.5 Å². The number of amides is 1. The van der Waals surface area contributed by atoms with E-state index >= 15 is 13.6 Å². The number of rotatable bonds is 9. The molecule has 2 atom stereocenters. The number of benzene rings is 3. The summed E-state index contributed by atoms with van der Waals surface area (Å²) in [5.74, 6) is -0.946. The molecule has 6 heterocycles. The molecule has 4 N–H and O–H groups in total. The topological polar surface area (TPSA) is 197 Å². The highest BCUT2D eigenvalue weighted by atomic mass is 19.1. The Hall–Kier alpha value is -6.92. The van der Waals surface area contributed by atoms with Crippen molar-refractivity contribution in [2.45, 2.75) is 84.2 Å². The quantitative estimate of drug-likeness (QED) is 0.105. The largest absolute Gasteiger partial charge is 0.438 e. The molecule has 1 amide bonds. The first-order valence-corrected chi connectivity index (χ1v) is 22.8. The van der Waals surface area contributed by atoms with Crippen molar-refractivity contribution in [1.82, 2.24) is 38.5 Å². The van der Waals surface area contributed by atoms with E-state index in [1.54, 1.807) is 35.7 Å². The van der Waals surface area contributed by atoms with Gasteiger partial charge in [0, 0.05) is 88.8 Å². The van der Waals surface area contributed by atoms with Crippen molar-refractivity contribution in [2.24, 2.45) is 23.7 Å². The SMILES string of the molecule is CC(Cc1noc(=O)[nH]1)Cn1c(C(=O)N2CCC(N)=C(C(=Nc3ccc(F)c4c3CCC4)n3ccn(-c4ccc5c(cnn5C)c4F)c3=O)C2C)cc2cc(C3CCOCC3)ccc21.CCO.[HH]. The zero-order valence-electron chi connectivity index (χ0n) is 38.0. The van der Waals surface area contributed by atoms with Gasteiger partial charge in [-0.25, -0.2) is 23.4 Å². The molecule has 2 unspecified atom stereocenters. The summed E-state index contributed by atoms with van der Waals surface area (Å²) >= 11 is 0. The number of hydrogen-bond donors (Lipinski definition) is 3. The van der Waals surface area contributed by atoms with Gasteiger partial charge < -0.3 is 25.0 Å². The third-order valence-corrected chi connectivity index (χ3v) is 13.3. The van der Waals surface area contributed by atoms with Crippen LogP contribution in [0.1, 0.15) is 86.8 Å². The molecular weight excluding hydrogens is 863 g/mol. The Morgan fingerprint density at radius 1 is 1.04 bits per heavy atom. The number of fused-ring (bicyclic) bond motifs is 3. The molecule has 1 fully saturated rings. The van der Waals surface area contributed by atoms with Crippen LogP contribution in [0.3, 0.4) is 0 Å². The predicted molar refractivity (Wildman–Crippen MR) is 251 cm³/mol. The van der Waals surface area contributed by atoms with Crippen molar-refractivity contribution >= 4 is 39.2 Å². The van der Waals surface area contributed by atoms with Crippen molar-refractivity contribution in [2.75, 3.05) is 26.4 Å². The summed E-state index contributed by atoms with van der Waals surface area (Å²) in [6.45, 7) is 7.92. The molecule has 18 heteroatoms. The number of ether oxygens (including phenoxy) is 1. The highest BCUT2D eigenvalue weighted by molar-refractivity contribution is 6.05. The minimum atomic E-state index is -0.700. The van der Waals surface area contributed by atoms with Crippen LogP contribution in [-0.4, -0.2) is 87.8 Å². The Balaban J connectivity index is 0.00000152. The number of aromatic amines is 1. The highest BCUT2D eigenvalue weighted by Gasteiger charge is 2.36. The van der Waals surface area contributed by atoms with Gasteiger partial charge in [0.15, 0.2) is 11.6 Å². The van der Waals surface area contributed by atoms with E-state index in [1.165, 1.54) is 45.4 Å². The van der Waals surface area contributed by atoms with E-state index in [-0.39, 0.29) is 55.6 Å². The molecule has 67 heavy (non-hydrogen) atoms. The average molecular weight is 919 g/mol. The lowest BCUT2D eigenvalue weighted by Crippen LogP contribution is -2.48. The van der Waals surface area contributed by atoms with Gasteiger partial charge in [-0.15, -0.1) is 0 Å². The lowest BCUT2D eigenvalue weighted by molar-refractivity contribution is 0.0698. The van der Waals surface area contributed by atoms with Gasteiger partial charge in [-0.2, -0.15) is 5.10 Å². The maximum Gasteiger partial charge on any atom is 0.438 e. The number of aliphatic hydroxyl groups is 1. The van der Waals surface area contributed by atoms with Crippen LogP contribution < -0.4 is 17.2 Å². The van der Waals surface area contributed by atoms with Crippen LogP contribution >= 0.6 is 0 Å². The minimum Gasteiger partial charge on any atom is -0.402 e. The van der Waals surface area contributed by atoms with Gasteiger partial charge in [-0.3, -0.25) is 28.1 Å². The molecule has 3 aliphatic rings. The number of hydrogen-bond acceptors (Lipinski definition) is 10. The predicted octanol–water partition coefficient (Wildman–Crippen LogP) is 6.67. The van der Waals surface area contributed by atoms with E-state index in [2.05, 4.69) is 33.4 Å². The second-order valence-electron chi connectivity index (χ2n) is 17.6. The van der Waals surface area contributed by atoms with Gasteiger partial charge in [0.05, 0.1) is 34.5 Å². The Morgan fingerprint density at radius 2 is 1.81 bits per heavy atom. The Labute approximate surface area is 385 Å². The second kappa shape index (κ2) is 18.8. The van der Waals surface area contributed by atoms with Crippen molar-refractivity contribution in [3.8, 4) is 5.69 Å². The summed E-state index contributed by atoms with van der Waals surface area (Å²) in [4.78, 5) is 51.1. The molecule has 0 radical (unpaired) electrons. The van der Waals surface area contributed by atoms with Gasteiger partial charge in [-0.05, 0) is 117 Å². The summed E-state index contributed by atoms with van der Waals surface area (Å²) in [6.07, 6.45) is 8.85. The minimum absolute atomic E-state index is 0. The van der Waals surface area contributed by atoms with Gasteiger partial charge in [0.25, 0.3) is 5.91 Å². The lowest BCUT2D eigenvalue weighted by atomic mass is 9.91. The number of carbonyl (C=O) groups excluding carboxylic acids is 1. The van der Waals surface area contributed by atoms with Crippen LogP contribution in [0.15, 0.2) is 97.5 Å². The number of carbonyl (C=O) groups is 1. The van der Waals surface area contributed by atoms with E-state index in [0.29, 0.717) is 84.5 Å². The molecule has 0 saturated carbocycles. The van der Waals surface area contributed by atoms with Crippen LogP contribution in [0, 0.1) is 17.6 Å². The van der Waals surface area contributed by atoms with Crippen LogP contribution in [0.25, 0.3) is 27.5 Å². The Bertz CT molecular complexity index is 3190. The number of H-pyrrole nitrogens is 1. The number of aliphatic imine (C=N–C) groups is 1. The molecule has 4 aromatic heterocycles. The van der Waals surface area contributed by atoms with E-state index < -0.39 is 23.3 Å². The standard InChI is InChI=1S/C47H48F2N10O5.C2H6O.H2/c1-26(21-41-53-46(61)64-54-41)25-59-37-10-7-29(28-14-19-63-20-15-28)22-30(37)23-40(59)45(60)56-16-13-35(50)42(27(56)2)44(52-36-9-8-34(48)31-5-4-6-32(31)36)58-18-17-57(47(58)62)39-12-11-38-33(43(39)49)24-51-55(38)3;1-2-3;/h7-12,17-18,22-24,26-28H,4-6,13-16,19-21,25,50H2,1-3H3,(H,53,54,61);3H,2H2,1H3;1H. The average Bonchev–Trinajstić information content (AvgIpc) is 4.18. The summed E-state index contributed by atoms with van der Waals surface area (Å²) in [5.41, 5.74) is 12.2. The van der Waals surface area contributed by atoms with Crippen molar-refractivity contribution in [3.63, 3.8) is 0 Å². The van der Waals surface area contributed by atoms with E-state index in [9.17, 15) is 9.59 Å². The number of halogens is 2. The van der Waals surface area contributed by atoms with E-state index in [4.69, 9.17) is 25.1 Å². The van der Waals surface area contributed by atoms with Gasteiger partial charge >= 0.3 is 11.4 Å². The third-order valence-electron chi connectivity index (χ3n) is 13.3. The van der Waals surface area contributed by atoms with Crippen molar-refractivity contribution in [3.05, 3.63) is 139 Å². The molecule has 0 bridgehead atoms. The molecule has 16 nitrogen and oxygen atoms in total. The summed E-state index contributed by atoms with van der Waals surface area (Å²) < 4.78 is 47.7. The Morgan fingerprint density at radius 3 is 2.57 bits per heavy atom. The first-order chi connectivity index (χ1) is 32.4.